The van der Waals surface area contributed by atoms with Gasteiger partial charge in [-0.1, -0.05) is 54.5 Å². The van der Waals surface area contributed by atoms with Crippen LogP contribution in [0.25, 0.3) is 10.2 Å². The second-order valence-corrected chi connectivity index (χ2v) is 8.43. The zero-order valence-corrected chi connectivity index (χ0v) is 19.8. The first-order valence-electron chi connectivity index (χ1n) is 9.29. The van der Waals surface area contributed by atoms with E-state index in [-0.39, 0.29) is 18.3 Å². The number of hydrogen-bond acceptors (Lipinski definition) is 4. The first-order valence-corrected chi connectivity index (χ1v) is 10.9. The molecule has 0 aliphatic rings. The van der Waals surface area contributed by atoms with Crippen LogP contribution in [0.3, 0.4) is 0 Å². The number of likely N-dealkylation sites (N-methyl/N-ethyl adjacent to an activating group) is 1. The third-order valence-corrected chi connectivity index (χ3v) is 6.29. The number of carbonyl (C=O) groups excluding carboxylic acids is 1. The maximum absolute atomic E-state index is 13.4. The molecular weight excluding hydrogens is 449 g/mol. The molecule has 1 amide bonds. The largest absolute Gasteiger partial charge is 0.302 e. The topological polar surface area (TPSA) is 36.4 Å². The van der Waals surface area contributed by atoms with Crippen LogP contribution in [0, 0.1) is 6.92 Å². The number of carbonyl (C=O) groups is 1. The molecule has 0 saturated heterocycles. The molecule has 0 aliphatic heterocycles. The van der Waals surface area contributed by atoms with Crippen molar-refractivity contribution in [2.24, 2.45) is 0 Å². The van der Waals surface area contributed by atoms with E-state index in [1.165, 1.54) is 16.9 Å². The summed E-state index contributed by atoms with van der Waals surface area (Å²) in [6.07, 6.45) is 0. The summed E-state index contributed by atoms with van der Waals surface area (Å²) in [6.45, 7) is 9.45. The maximum atomic E-state index is 13.4. The van der Waals surface area contributed by atoms with Crippen LogP contribution in [0.2, 0.25) is 10.0 Å². The molecule has 8 heteroatoms. The van der Waals surface area contributed by atoms with Crippen molar-refractivity contribution in [3.8, 4) is 0 Å². The van der Waals surface area contributed by atoms with Crippen LogP contribution in [0.15, 0.2) is 36.4 Å². The highest BCUT2D eigenvalue weighted by Gasteiger charge is 2.23. The van der Waals surface area contributed by atoms with Crippen molar-refractivity contribution < 1.29 is 4.79 Å². The third-order valence-electron chi connectivity index (χ3n) is 4.70. The van der Waals surface area contributed by atoms with Crippen molar-refractivity contribution in [2.75, 3.05) is 31.1 Å². The van der Waals surface area contributed by atoms with E-state index in [4.69, 9.17) is 28.2 Å². The van der Waals surface area contributed by atoms with Crippen LogP contribution >= 0.6 is 46.9 Å². The molecule has 0 radical (unpaired) electrons. The summed E-state index contributed by atoms with van der Waals surface area (Å²) >= 11 is 13.8. The Balaban J connectivity index is 0.00000300. The highest BCUT2D eigenvalue weighted by Crippen LogP contribution is 2.31. The molecule has 156 valence electrons. The standard InChI is InChI=1S/C21H23Cl2N3OS.ClH/c1-4-25(5-2)10-11-26(20(27)16-8-7-15(22)13-17(16)23)21-24-18-9-6-14(3)12-19(18)28-21;/h6-9,12-13H,4-5,10-11H2,1-3H3;1H. The Bertz CT molecular complexity index is 988. The predicted octanol–water partition coefficient (Wildman–Crippen LogP) is 6.32. The molecule has 0 aliphatic carbocycles. The van der Waals surface area contributed by atoms with Crippen LogP contribution in [0.1, 0.15) is 29.8 Å². The number of nitrogens with zero attached hydrogens (tertiary/aromatic N) is 3. The van der Waals surface area contributed by atoms with E-state index in [0.29, 0.717) is 27.3 Å². The SMILES string of the molecule is CCN(CC)CCN(C(=O)c1ccc(Cl)cc1Cl)c1nc2ccc(C)cc2s1.Cl. The Labute approximate surface area is 191 Å². The zero-order chi connectivity index (χ0) is 20.3. The average molecular weight is 473 g/mol. The third kappa shape index (κ3) is 5.62. The van der Waals surface area contributed by atoms with Gasteiger partial charge in [0.1, 0.15) is 0 Å². The normalized spacial score (nSPS) is 11.0. The lowest BCUT2D eigenvalue weighted by Crippen LogP contribution is -2.39. The minimum absolute atomic E-state index is 0. The van der Waals surface area contributed by atoms with Gasteiger partial charge in [0, 0.05) is 18.1 Å². The van der Waals surface area contributed by atoms with Gasteiger partial charge in [-0.3, -0.25) is 9.69 Å². The van der Waals surface area contributed by atoms with Crippen molar-refractivity contribution in [3.63, 3.8) is 0 Å². The van der Waals surface area contributed by atoms with Gasteiger partial charge in [-0.05, 0) is 55.9 Å². The van der Waals surface area contributed by atoms with Crippen LogP contribution in [0.4, 0.5) is 5.13 Å². The molecule has 0 atom stereocenters. The Morgan fingerprint density at radius 3 is 2.45 bits per heavy atom. The van der Waals surface area contributed by atoms with Crippen LogP contribution in [0.5, 0.6) is 0 Å². The number of benzene rings is 2. The van der Waals surface area contributed by atoms with Gasteiger partial charge in [0.15, 0.2) is 5.13 Å². The second kappa shape index (κ2) is 10.6. The van der Waals surface area contributed by atoms with Crippen molar-refractivity contribution >= 4 is 68.2 Å². The summed E-state index contributed by atoms with van der Waals surface area (Å²) in [6, 6.07) is 11.1. The second-order valence-electron chi connectivity index (χ2n) is 6.58. The summed E-state index contributed by atoms with van der Waals surface area (Å²) in [5.74, 6) is -0.162. The van der Waals surface area contributed by atoms with Crippen molar-refractivity contribution in [2.45, 2.75) is 20.8 Å². The maximum Gasteiger partial charge on any atom is 0.261 e. The van der Waals surface area contributed by atoms with E-state index in [9.17, 15) is 4.79 Å². The summed E-state index contributed by atoms with van der Waals surface area (Å²) in [5, 5.41) is 1.54. The van der Waals surface area contributed by atoms with E-state index in [1.807, 2.05) is 12.1 Å². The lowest BCUT2D eigenvalue weighted by Gasteiger charge is -2.25. The highest BCUT2D eigenvalue weighted by molar-refractivity contribution is 7.22. The Hall–Kier alpha value is -1.37. The number of amides is 1. The van der Waals surface area contributed by atoms with Gasteiger partial charge in [0.25, 0.3) is 5.91 Å². The van der Waals surface area contributed by atoms with E-state index < -0.39 is 0 Å². The number of halogens is 3. The average Bonchev–Trinajstić information content (AvgIpc) is 3.07. The van der Waals surface area contributed by atoms with Gasteiger partial charge in [-0.25, -0.2) is 4.98 Å². The van der Waals surface area contributed by atoms with Crippen LogP contribution in [-0.2, 0) is 0 Å². The number of aryl methyl sites for hydroxylation is 1. The number of rotatable bonds is 7. The van der Waals surface area contributed by atoms with Crippen LogP contribution < -0.4 is 4.90 Å². The summed E-state index contributed by atoms with van der Waals surface area (Å²) in [4.78, 5) is 22.1. The molecule has 0 fully saturated rings. The zero-order valence-electron chi connectivity index (χ0n) is 16.6. The van der Waals surface area contributed by atoms with Gasteiger partial charge < -0.3 is 4.90 Å². The Kier molecular flexibility index (Phi) is 8.73. The molecule has 1 heterocycles. The number of anilines is 1. The molecule has 0 unspecified atom stereocenters. The fraction of sp³-hybridized carbons (Fsp3) is 0.333. The number of fused-ring (bicyclic) bond motifs is 1. The molecule has 0 spiro atoms. The van der Waals surface area contributed by atoms with Crippen LogP contribution in [-0.4, -0.2) is 42.0 Å². The van der Waals surface area contributed by atoms with E-state index >= 15 is 0 Å². The van der Waals surface area contributed by atoms with Gasteiger partial charge in [0.2, 0.25) is 0 Å². The van der Waals surface area contributed by atoms with E-state index in [2.05, 4.69) is 31.7 Å². The first-order chi connectivity index (χ1) is 13.4. The molecule has 0 saturated carbocycles. The van der Waals surface area contributed by atoms with E-state index in [0.717, 1.165) is 29.9 Å². The summed E-state index contributed by atoms with van der Waals surface area (Å²) in [7, 11) is 0. The molecule has 29 heavy (non-hydrogen) atoms. The minimum Gasteiger partial charge on any atom is -0.302 e. The molecule has 1 aromatic heterocycles. The number of hydrogen-bond donors (Lipinski definition) is 0. The smallest absolute Gasteiger partial charge is 0.261 e. The van der Waals surface area contributed by atoms with Crippen molar-refractivity contribution in [1.29, 1.82) is 0 Å². The van der Waals surface area contributed by atoms with Gasteiger partial charge in [-0.2, -0.15) is 0 Å². The quantitative estimate of drug-likeness (QED) is 0.403. The summed E-state index contributed by atoms with van der Waals surface area (Å²) in [5.41, 5.74) is 2.50. The molecule has 3 aromatic rings. The fourth-order valence-corrected chi connectivity index (χ4v) is 4.59. The Morgan fingerprint density at radius 1 is 1.07 bits per heavy atom. The molecule has 3 rings (SSSR count). The Morgan fingerprint density at radius 2 is 1.79 bits per heavy atom. The molecule has 2 aromatic carbocycles. The summed E-state index contributed by atoms with van der Waals surface area (Å²) < 4.78 is 1.07. The van der Waals surface area contributed by atoms with E-state index in [1.54, 1.807) is 23.1 Å². The first kappa shape index (κ1) is 23.9. The monoisotopic (exact) mass is 471 g/mol. The molecule has 0 bridgehead atoms. The lowest BCUT2D eigenvalue weighted by molar-refractivity contribution is 0.0984. The number of aromatic nitrogens is 1. The van der Waals surface area contributed by atoms with Gasteiger partial charge in [0.05, 0.1) is 20.8 Å². The van der Waals surface area contributed by atoms with Crippen molar-refractivity contribution in [3.05, 3.63) is 57.6 Å². The predicted molar refractivity (Wildman–Crippen MR) is 128 cm³/mol. The molecule has 4 nitrogen and oxygen atoms in total. The number of thiazole rings is 1. The highest BCUT2D eigenvalue weighted by atomic mass is 35.5. The van der Waals surface area contributed by atoms with Gasteiger partial charge in [-0.15, -0.1) is 12.4 Å². The van der Waals surface area contributed by atoms with Gasteiger partial charge >= 0.3 is 0 Å². The molecule has 0 N–H and O–H groups in total. The minimum atomic E-state index is -0.162. The van der Waals surface area contributed by atoms with Crippen molar-refractivity contribution in [1.82, 2.24) is 9.88 Å². The molecular formula is C21H24Cl3N3OS. The fourth-order valence-electron chi connectivity index (χ4n) is 3.01. The lowest BCUT2D eigenvalue weighted by atomic mass is 10.2.